The molecule has 0 N–H and O–H groups in total. The highest BCUT2D eigenvalue weighted by Gasteiger charge is 2.16. The van der Waals surface area contributed by atoms with E-state index < -0.39 is 20.2 Å². The molecule has 0 atom stereocenters. The number of rotatable bonds is 4. The quantitative estimate of drug-likeness (QED) is 0.452. The summed E-state index contributed by atoms with van der Waals surface area (Å²) in [6, 6.07) is 11.7. The summed E-state index contributed by atoms with van der Waals surface area (Å²) in [7, 11) is -7.43. The molecule has 0 aromatic heterocycles. The molecule has 0 amide bonds. The maximum absolute atomic E-state index is 11.5. The number of hydrogen-bond donors (Lipinski definition) is 0. The molecule has 0 saturated carbocycles. The zero-order valence-corrected chi connectivity index (χ0v) is 16.4. The van der Waals surface area contributed by atoms with E-state index in [0.29, 0.717) is 15.2 Å². The molecule has 6 nitrogen and oxygen atoms in total. The highest BCUT2D eigenvalue weighted by molar-refractivity contribution is 9.10. The molecule has 0 spiro atoms. The molecular formula is C16H13BrO6S2. The highest BCUT2D eigenvalue weighted by Crippen LogP contribution is 2.40. The van der Waals surface area contributed by atoms with Gasteiger partial charge in [0, 0.05) is 26.0 Å². The molecule has 3 aromatic rings. The number of hydrogen-bond acceptors (Lipinski definition) is 6. The third-order valence-electron chi connectivity index (χ3n) is 3.38. The van der Waals surface area contributed by atoms with Gasteiger partial charge in [0.05, 0.1) is 12.5 Å². The van der Waals surface area contributed by atoms with Crippen LogP contribution in [0.1, 0.15) is 0 Å². The van der Waals surface area contributed by atoms with Gasteiger partial charge in [-0.2, -0.15) is 16.8 Å². The van der Waals surface area contributed by atoms with Crippen LogP contribution in [0.4, 0.5) is 0 Å². The SMILES string of the molecule is CS(=O)(=O)Oc1cccc2c(Br)c3cccc(OS(C)(=O)=O)c3cc12. The standard InChI is InChI=1S/C16H13BrO6S2/c1-24(18,19)22-14-7-3-5-10-12(14)9-13-11(16(10)17)6-4-8-15(13)23-25(2,20)21/h3-9H,1-2H3. The van der Waals surface area contributed by atoms with Gasteiger partial charge in [-0.25, -0.2) is 0 Å². The van der Waals surface area contributed by atoms with Crippen molar-refractivity contribution in [2.45, 2.75) is 0 Å². The van der Waals surface area contributed by atoms with Gasteiger partial charge in [-0.3, -0.25) is 0 Å². The molecule has 0 aliphatic carbocycles. The summed E-state index contributed by atoms with van der Waals surface area (Å²) < 4.78 is 56.8. The highest BCUT2D eigenvalue weighted by atomic mass is 79.9. The first-order valence-corrected chi connectivity index (χ1v) is 11.4. The lowest BCUT2D eigenvalue weighted by atomic mass is 10.0. The Morgan fingerprint density at radius 2 is 1.12 bits per heavy atom. The first kappa shape index (κ1) is 18.0. The van der Waals surface area contributed by atoms with Gasteiger partial charge in [0.25, 0.3) is 0 Å². The lowest BCUT2D eigenvalue weighted by molar-refractivity contribution is 0.494. The van der Waals surface area contributed by atoms with Crippen LogP contribution in [0.3, 0.4) is 0 Å². The summed E-state index contributed by atoms with van der Waals surface area (Å²) in [6.07, 6.45) is 1.92. The zero-order chi connectivity index (χ0) is 18.4. The molecule has 0 fully saturated rings. The van der Waals surface area contributed by atoms with Gasteiger partial charge in [0.15, 0.2) is 0 Å². The molecule has 3 rings (SSSR count). The van der Waals surface area contributed by atoms with Crippen LogP contribution in [-0.4, -0.2) is 29.3 Å². The summed E-state index contributed by atoms with van der Waals surface area (Å²) in [4.78, 5) is 0. The second-order valence-corrected chi connectivity index (χ2v) is 9.41. The summed E-state index contributed by atoms with van der Waals surface area (Å²) >= 11 is 3.50. The molecule has 0 radical (unpaired) electrons. The molecule has 0 heterocycles. The van der Waals surface area contributed by atoms with Gasteiger partial charge in [-0.05, 0) is 34.1 Å². The Hall–Kier alpha value is -1.84. The normalized spacial score (nSPS) is 12.4. The molecule has 0 bridgehead atoms. The minimum Gasteiger partial charge on any atom is -0.382 e. The fourth-order valence-electron chi connectivity index (χ4n) is 2.53. The van der Waals surface area contributed by atoms with Crippen molar-refractivity contribution in [3.63, 3.8) is 0 Å². The van der Waals surface area contributed by atoms with Gasteiger partial charge in [-0.1, -0.05) is 24.3 Å². The van der Waals surface area contributed by atoms with Gasteiger partial charge >= 0.3 is 20.2 Å². The summed E-state index contributed by atoms with van der Waals surface area (Å²) in [6.45, 7) is 0. The fourth-order valence-corrected chi connectivity index (χ4v) is 4.16. The van der Waals surface area contributed by atoms with Crippen LogP contribution in [0.15, 0.2) is 46.9 Å². The molecule has 0 saturated heterocycles. The van der Waals surface area contributed by atoms with Crippen molar-refractivity contribution in [1.29, 1.82) is 0 Å². The predicted molar refractivity (Wildman–Crippen MR) is 100 cm³/mol. The monoisotopic (exact) mass is 444 g/mol. The summed E-state index contributed by atoms with van der Waals surface area (Å²) in [5, 5.41) is 2.48. The summed E-state index contributed by atoms with van der Waals surface area (Å²) in [5.41, 5.74) is 0. The van der Waals surface area contributed by atoms with E-state index in [0.717, 1.165) is 23.3 Å². The van der Waals surface area contributed by atoms with Crippen LogP contribution in [0, 0.1) is 0 Å². The molecule has 0 aliphatic heterocycles. The maximum Gasteiger partial charge on any atom is 0.306 e. The third kappa shape index (κ3) is 3.88. The van der Waals surface area contributed by atoms with Crippen LogP contribution in [0.25, 0.3) is 21.5 Å². The van der Waals surface area contributed by atoms with E-state index in [1.807, 2.05) is 0 Å². The summed E-state index contributed by atoms with van der Waals surface area (Å²) in [5.74, 6) is 0.300. The lowest BCUT2D eigenvalue weighted by Gasteiger charge is -2.13. The average molecular weight is 445 g/mol. The Morgan fingerprint density at radius 3 is 1.48 bits per heavy atom. The minimum absolute atomic E-state index is 0.150. The van der Waals surface area contributed by atoms with Gasteiger partial charge < -0.3 is 8.37 Å². The number of halogens is 1. The largest absolute Gasteiger partial charge is 0.382 e. The van der Waals surface area contributed by atoms with Crippen molar-refractivity contribution in [3.05, 3.63) is 46.9 Å². The van der Waals surface area contributed by atoms with Crippen molar-refractivity contribution >= 4 is 57.7 Å². The van der Waals surface area contributed by atoms with E-state index >= 15 is 0 Å². The molecule has 3 aromatic carbocycles. The zero-order valence-electron chi connectivity index (χ0n) is 13.2. The second-order valence-electron chi connectivity index (χ2n) is 5.47. The van der Waals surface area contributed by atoms with E-state index in [1.54, 1.807) is 30.3 Å². The van der Waals surface area contributed by atoms with Crippen molar-refractivity contribution in [3.8, 4) is 11.5 Å². The number of benzene rings is 3. The van der Waals surface area contributed by atoms with Crippen molar-refractivity contribution < 1.29 is 25.2 Å². The minimum atomic E-state index is -3.72. The molecule has 0 unspecified atom stereocenters. The van der Waals surface area contributed by atoms with Crippen LogP contribution in [-0.2, 0) is 20.2 Å². The van der Waals surface area contributed by atoms with Crippen molar-refractivity contribution in [2.75, 3.05) is 12.5 Å². The third-order valence-corrected chi connectivity index (χ3v) is 5.20. The predicted octanol–water partition coefficient (Wildman–Crippen LogP) is 3.43. The van der Waals surface area contributed by atoms with E-state index in [9.17, 15) is 16.8 Å². The van der Waals surface area contributed by atoms with Gasteiger partial charge in [0.1, 0.15) is 11.5 Å². The Kier molecular flexibility index (Phi) is 4.42. The molecule has 25 heavy (non-hydrogen) atoms. The molecular weight excluding hydrogens is 432 g/mol. The molecule has 9 heteroatoms. The first-order chi connectivity index (χ1) is 11.6. The molecule has 0 aliphatic rings. The second kappa shape index (κ2) is 6.15. The Morgan fingerprint density at radius 1 is 0.720 bits per heavy atom. The first-order valence-electron chi connectivity index (χ1n) is 6.98. The maximum atomic E-state index is 11.5. The van der Waals surface area contributed by atoms with Crippen LogP contribution in [0.5, 0.6) is 11.5 Å². The topological polar surface area (TPSA) is 86.7 Å². The van der Waals surface area contributed by atoms with E-state index in [-0.39, 0.29) is 11.5 Å². The smallest absolute Gasteiger partial charge is 0.306 e. The van der Waals surface area contributed by atoms with Gasteiger partial charge in [0.2, 0.25) is 0 Å². The van der Waals surface area contributed by atoms with E-state index in [2.05, 4.69) is 15.9 Å². The van der Waals surface area contributed by atoms with E-state index in [1.165, 1.54) is 12.1 Å². The van der Waals surface area contributed by atoms with Crippen LogP contribution in [0.2, 0.25) is 0 Å². The van der Waals surface area contributed by atoms with Crippen molar-refractivity contribution in [2.24, 2.45) is 0 Å². The lowest BCUT2D eigenvalue weighted by Crippen LogP contribution is -2.07. The average Bonchev–Trinajstić information content (AvgIpc) is 2.46. The Balaban J connectivity index is 2.38. The van der Waals surface area contributed by atoms with E-state index in [4.69, 9.17) is 8.37 Å². The number of fused-ring (bicyclic) bond motifs is 2. The van der Waals surface area contributed by atoms with Crippen LogP contribution < -0.4 is 8.37 Å². The molecule has 132 valence electrons. The fraction of sp³-hybridized carbons (Fsp3) is 0.125. The Labute approximate surface area is 153 Å². The Bertz CT molecular complexity index is 1110. The van der Waals surface area contributed by atoms with Crippen molar-refractivity contribution in [1.82, 2.24) is 0 Å². The van der Waals surface area contributed by atoms with Gasteiger partial charge in [-0.15, -0.1) is 0 Å². The van der Waals surface area contributed by atoms with Crippen LogP contribution >= 0.6 is 15.9 Å².